The Morgan fingerprint density at radius 1 is 1.35 bits per heavy atom. The minimum atomic E-state index is -3.92. The molecule has 114 valence electrons. The number of aromatic nitrogens is 2. The molecule has 0 spiro atoms. The van der Waals surface area contributed by atoms with Crippen LogP contribution in [-0.4, -0.2) is 48.7 Å². The highest BCUT2D eigenvalue weighted by molar-refractivity contribution is 7.94. The van der Waals surface area contributed by atoms with Crippen molar-refractivity contribution in [1.82, 2.24) is 15.0 Å². The molecule has 0 saturated heterocycles. The molecule has 0 fully saturated rings. The van der Waals surface area contributed by atoms with E-state index in [1.807, 2.05) is 20.8 Å². The van der Waals surface area contributed by atoms with Crippen molar-refractivity contribution in [3.8, 4) is 0 Å². The largest absolute Gasteiger partial charge is 0.348 e. The average molecular weight is 304 g/mol. The fourth-order valence-electron chi connectivity index (χ4n) is 1.28. The van der Waals surface area contributed by atoms with E-state index in [2.05, 4.69) is 14.9 Å². The van der Waals surface area contributed by atoms with Gasteiger partial charge in [0.2, 0.25) is 21.8 Å². The Hall–Kier alpha value is -1.64. The van der Waals surface area contributed by atoms with Crippen LogP contribution in [0.1, 0.15) is 33.6 Å². The van der Waals surface area contributed by atoms with Crippen molar-refractivity contribution in [3.63, 3.8) is 0 Å². The van der Waals surface area contributed by atoms with Crippen LogP contribution in [-0.2, 0) is 20.2 Å². The van der Waals surface area contributed by atoms with Crippen LogP contribution in [0.25, 0.3) is 0 Å². The van der Waals surface area contributed by atoms with E-state index in [9.17, 15) is 13.2 Å². The zero-order chi connectivity index (χ0) is 15.7. The number of amides is 1. The number of anilines is 1. The monoisotopic (exact) mass is 304 g/mol. The molecule has 0 aliphatic heterocycles. The SMILES string of the molecule is CC(C(=O)N(C)C)S(=O)(=O)Nc1noc(C(C)(C)C)n1. The van der Waals surface area contributed by atoms with Crippen LogP contribution in [0.3, 0.4) is 0 Å². The van der Waals surface area contributed by atoms with Gasteiger partial charge in [0.25, 0.3) is 5.95 Å². The van der Waals surface area contributed by atoms with Crippen LogP contribution in [0.2, 0.25) is 0 Å². The summed E-state index contributed by atoms with van der Waals surface area (Å²) in [4.78, 5) is 16.9. The summed E-state index contributed by atoms with van der Waals surface area (Å²) in [6, 6.07) is 0. The molecule has 1 N–H and O–H groups in total. The lowest BCUT2D eigenvalue weighted by Crippen LogP contribution is -2.40. The van der Waals surface area contributed by atoms with Crippen LogP contribution in [0.15, 0.2) is 4.52 Å². The van der Waals surface area contributed by atoms with Gasteiger partial charge in [-0.3, -0.25) is 4.79 Å². The number of sulfonamides is 1. The smallest absolute Gasteiger partial charge is 0.277 e. The summed E-state index contributed by atoms with van der Waals surface area (Å²) in [7, 11) is -0.943. The number of carbonyl (C=O) groups excluding carboxylic acids is 1. The molecule has 9 heteroatoms. The van der Waals surface area contributed by atoms with Gasteiger partial charge < -0.3 is 9.42 Å². The molecule has 8 nitrogen and oxygen atoms in total. The molecule has 1 amide bonds. The molecule has 0 bridgehead atoms. The zero-order valence-electron chi connectivity index (χ0n) is 12.5. The number of nitrogens with zero attached hydrogens (tertiary/aromatic N) is 3. The normalized spacial score (nSPS) is 13.9. The maximum Gasteiger partial charge on any atom is 0.277 e. The molecule has 1 unspecified atom stereocenters. The lowest BCUT2D eigenvalue weighted by Gasteiger charge is -2.16. The fraction of sp³-hybridized carbons (Fsp3) is 0.727. The average Bonchev–Trinajstić information content (AvgIpc) is 2.74. The first kappa shape index (κ1) is 16.4. The highest BCUT2D eigenvalue weighted by Gasteiger charge is 2.31. The third kappa shape index (κ3) is 3.69. The number of hydrogen-bond donors (Lipinski definition) is 1. The molecule has 1 aromatic heterocycles. The second kappa shape index (κ2) is 5.39. The van der Waals surface area contributed by atoms with Gasteiger partial charge >= 0.3 is 0 Å². The molecule has 0 aliphatic carbocycles. The van der Waals surface area contributed by atoms with Crippen molar-refractivity contribution in [1.29, 1.82) is 0 Å². The fourth-order valence-corrected chi connectivity index (χ4v) is 2.27. The Morgan fingerprint density at radius 3 is 2.30 bits per heavy atom. The molecule has 1 aromatic rings. The molecule has 0 aliphatic rings. The second-order valence-corrected chi connectivity index (χ2v) is 7.70. The minimum absolute atomic E-state index is 0.173. The molecule has 0 aromatic carbocycles. The van der Waals surface area contributed by atoms with E-state index in [1.54, 1.807) is 0 Å². The predicted molar refractivity (Wildman–Crippen MR) is 73.7 cm³/mol. The second-order valence-electron chi connectivity index (χ2n) is 5.70. The first-order chi connectivity index (χ1) is 8.95. The molecule has 20 heavy (non-hydrogen) atoms. The highest BCUT2D eigenvalue weighted by Crippen LogP contribution is 2.21. The Labute approximate surface area is 118 Å². The Balaban J connectivity index is 2.92. The van der Waals surface area contributed by atoms with Gasteiger partial charge in [-0.15, -0.1) is 0 Å². The van der Waals surface area contributed by atoms with Gasteiger partial charge in [0, 0.05) is 19.5 Å². The molecule has 1 heterocycles. The van der Waals surface area contributed by atoms with Crippen LogP contribution < -0.4 is 4.72 Å². The van der Waals surface area contributed by atoms with E-state index in [0.29, 0.717) is 5.89 Å². The lowest BCUT2D eigenvalue weighted by atomic mass is 9.97. The highest BCUT2D eigenvalue weighted by atomic mass is 32.2. The summed E-state index contributed by atoms with van der Waals surface area (Å²) in [6.45, 7) is 6.88. The van der Waals surface area contributed by atoms with Gasteiger partial charge in [-0.1, -0.05) is 20.8 Å². The summed E-state index contributed by atoms with van der Waals surface area (Å²) < 4.78 is 31.2. The predicted octanol–water partition coefficient (Wildman–Crippen LogP) is 0.585. The van der Waals surface area contributed by atoms with E-state index in [0.717, 1.165) is 0 Å². The standard InChI is InChI=1S/C11H20N4O4S/c1-7(8(16)15(5)6)20(17,18)14-10-12-9(19-13-10)11(2,3)4/h7H,1-6H3,(H,13,14). The molecule has 1 atom stereocenters. The van der Waals surface area contributed by atoms with Crippen LogP contribution in [0.4, 0.5) is 5.95 Å². The summed E-state index contributed by atoms with van der Waals surface area (Å²) in [5.74, 6) is -0.396. The van der Waals surface area contributed by atoms with Crippen molar-refractivity contribution in [3.05, 3.63) is 5.89 Å². The quantitative estimate of drug-likeness (QED) is 0.872. The third-order valence-electron chi connectivity index (χ3n) is 2.56. The van der Waals surface area contributed by atoms with Crippen LogP contribution in [0, 0.1) is 0 Å². The van der Waals surface area contributed by atoms with Crippen molar-refractivity contribution >= 4 is 21.9 Å². The molecule has 1 rings (SSSR count). The maximum atomic E-state index is 12.0. The Bertz CT molecular complexity index is 586. The summed E-state index contributed by atoms with van der Waals surface area (Å²) in [5.41, 5.74) is -0.387. The van der Waals surface area contributed by atoms with E-state index < -0.39 is 21.2 Å². The number of nitrogens with one attached hydrogen (secondary N) is 1. The van der Waals surface area contributed by atoms with Gasteiger partial charge in [-0.05, 0) is 12.1 Å². The lowest BCUT2D eigenvalue weighted by molar-refractivity contribution is -0.127. The molecular weight excluding hydrogens is 284 g/mol. The van der Waals surface area contributed by atoms with E-state index in [-0.39, 0.29) is 11.4 Å². The maximum absolute atomic E-state index is 12.0. The van der Waals surface area contributed by atoms with Crippen LogP contribution >= 0.6 is 0 Å². The van der Waals surface area contributed by atoms with Crippen molar-refractivity contribution in [2.75, 3.05) is 18.8 Å². The summed E-state index contributed by atoms with van der Waals surface area (Å²) in [6.07, 6.45) is 0. The number of carbonyl (C=O) groups is 1. The molecule has 0 saturated carbocycles. The zero-order valence-corrected chi connectivity index (χ0v) is 13.3. The Morgan fingerprint density at radius 2 is 1.90 bits per heavy atom. The van der Waals surface area contributed by atoms with Gasteiger partial charge in [-0.2, -0.15) is 4.98 Å². The van der Waals surface area contributed by atoms with Crippen molar-refractivity contribution < 1.29 is 17.7 Å². The number of hydrogen-bond acceptors (Lipinski definition) is 6. The first-order valence-electron chi connectivity index (χ1n) is 6.02. The van der Waals surface area contributed by atoms with E-state index in [4.69, 9.17) is 4.52 Å². The molecular formula is C11H20N4O4S. The summed E-state index contributed by atoms with van der Waals surface area (Å²) in [5, 5.41) is 2.31. The first-order valence-corrected chi connectivity index (χ1v) is 7.57. The van der Waals surface area contributed by atoms with Gasteiger partial charge in [0.1, 0.15) is 0 Å². The number of rotatable bonds is 4. The Kier molecular flexibility index (Phi) is 4.42. The van der Waals surface area contributed by atoms with Gasteiger partial charge in [-0.25, -0.2) is 13.1 Å². The third-order valence-corrected chi connectivity index (χ3v) is 4.15. The van der Waals surface area contributed by atoms with Gasteiger partial charge in [0.05, 0.1) is 0 Å². The van der Waals surface area contributed by atoms with Gasteiger partial charge in [0.15, 0.2) is 5.25 Å². The van der Waals surface area contributed by atoms with Crippen molar-refractivity contribution in [2.24, 2.45) is 0 Å². The van der Waals surface area contributed by atoms with E-state index >= 15 is 0 Å². The van der Waals surface area contributed by atoms with Crippen molar-refractivity contribution in [2.45, 2.75) is 38.4 Å². The topological polar surface area (TPSA) is 105 Å². The molecule has 0 radical (unpaired) electrons. The minimum Gasteiger partial charge on any atom is -0.348 e. The summed E-state index contributed by atoms with van der Waals surface area (Å²) >= 11 is 0. The van der Waals surface area contributed by atoms with Crippen LogP contribution in [0.5, 0.6) is 0 Å². The van der Waals surface area contributed by atoms with E-state index in [1.165, 1.54) is 25.9 Å².